The maximum Gasteiger partial charge on any atom is 0.263 e. The van der Waals surface area contributed by atoms with Crippen LogP contribution in [0.15, 0.2) is 23.1 Å². The van der Waals surface area contributed by atoms with Gasteiger partial charge in [0.2, 0.25) is 0 Å². The first kappa shape index (κ1) is 14.5. The Balaban J connectivity index is 1.89. The molecule has 0 aliphatic heterocycles. The average molecular weight is 324 g/mol. The number of benzene rings is 1. The summed E-state index contributed by atoms with van der Waals surface area (Å²) >= 11 is 1.41. The SMILES string of the molecule is Cc1ccc(S(=O)(=O)Nc2nc3c(s2)CCC3)cc1CO. The number of sulfonamides is 1. The molecule has 0 fully saturated rings. The van der Waals surface area contributed by atoms with Crippen molar-refractivity contribution in [2.24, 2.45) is 0 Å². The molecular weight excluding hydrogens is 308 g/mol. The summed E-state index contributed by atoms with van der Waals surface area (Å²) in [4.78, 5) is 5.66. The summed E-state index contributed by atoms with van der Waals surface area (Å²) in [6, 6.07) is 4.74. The van der Waals surface area contributed by atoms with E-state index in [0.29, 0.717) is 10.7 Å². The van der Waals surface area contributed by atoms with Crippen LogP contribution < -0.4 is 4.72 Å². The Bertz CT molecular complexity index is 760. The van der Waals surface area contributed by atoms with E-state index < -0.39 is 10.0 Å². The minimum Gasteiger partial charge on any atom is -0.392 e. The highest BCUT2D eigenvalue weighted by Crippen LogP contribution is 2.31. The van der Waals surface area contributed by atoms with E-state index in [1.807, 2.05) is 6.92 Å². The van der Waals surface area contributed by atoms with Gasteiger partial charge in [0, 0.05) is 4.88 Å². The van der Waals surface area contributed by atoms with Crippen LogP contribution in [0.4, 0.5) is 5.13 Å². The average Bonchev–Trinajstić information content (AvgIpc) is 2.99. The first-order valence-electron chi connectivity index (χ1n) is 6.71. The van der Waals surface area contributed by atoms with Gasteiger partial charge in [-0.05, 0) is 49.4 Å². The fourth-order valence-corrected chi connectivity index (χ4v) is 4.73. The molecule has 5 nitrogen and oxygen atoms in total. The van der Waals surface area contributed by atoms with Gasteiger partial charge in [0.15, 0.2) is 5.13 Å². The summed E-state index contributed by atoms with van der Waals surface area (Å²) in [7, 11) is -3.66. The fraction of sp³-hybridized carbons (Fsp3) is 0.357. The lowest BCUT2D eigenvalue weighted by Gasteiger charge is -2.08. The van der Waals surface area contributed by atoms with Crippen LogP contribution in [0, 0.1) is 6.92 Å². The summed E-state index contributed by atoms with van der Waals surface area (Å²) in [5.74, 6) is 0. The van der Waals surface area contributed by atoms with Crippen molar-refractivity contribution in [1.29, 1.82) is 0 Å². The molecule has 1 aliphatic carbocycles. The van der Waals surface area contributed by atoms with E-state index in [4.69, 9.17) is 0 Å². The number of anilines is 1. The summed E-state index contributed by atoms with van der Waals surface area (Å²) < 4.78 is 27.3. The smallest absolute Gasteiger partial charge is 0.263 e. The molecule has 1 aliphatic rings. The van der Waals surface area contributed by atoms with Gasteiger partial charge >= 0.3 is 0 Å². The van der Waals surface area contributed by atoms with E-state index in [9.17, 15) is 13.5 Å². The van der Waals surface area contributed by atoms with Crippen LogP contribution in [-0.4, -0.2) is 18.5 Å². The molecule has 1 aromatic heterocycles. The molecule has 1 heterocycles. The van der Waals surface area contributed by atoms with Crippen LogP contribution in [-0.2, 0) is 29.5 Å². The zero-order chi connectivity index (χ0) is 15.0. The Morgan fingerprint density at radius 1 is 1.38 bits per heavy atom. The quantitative estimate of drug-likeness (QED) is 0.904. The van der Waals surface area contributed by atoms with Gasteiger partial charge in [0.1, 0.15) is 0 Å². The molecule has 112 valence electrons. The van der Waals surface area contributed by atoms with Crippen LogP contribution in [0.1, 0.15) is 28.1 Å². The second kappa shape index (κ2) is 5.40. The molecular formula is C14H16N2O3S2. The molecule has 0 spiro atoms. The van der Waals surface area contributed by atoms with Crippen molar-refractivity contribution >= 4 is 26.5 Å². The Morgan fingerprint density at radius 2 is 2.19 bits per heavy atom. The maximum atomic E-state index is 12.4. The van der Waals surface area contributed by atoms with Crippen LogP contribution in [0.3, 0.4) is 0 Å². The van der Waals surface area contributed by atoms with Gasteiger partial charge in [-0.1, -0.05) is 6.07 Å². The summed E-state index contributed by atoms with van der Waals surface area (Å²) in [5, 5.41) is 9.67. The molecule has 0 amide bonds. The first-order chi connectivity index (χ1) is 9.99. The minimum atomic E-state index is -3.66. The molecule has 3 rings (SSSR count). The number of thiazole rings is 1. The molecule has 7 heteroatoms. The van der Waals surface area contributed by atoms with Crippen LogP contribution in [0.5, 0.6) is 0 Å². The molecule has 0 bridgehead atoms. The first-order valence-corrected chi connectivity index (χ1v) is 9.01. The summed E-state index contributed by atoms with van der Waals surface area (Å²) in [5.41, 5.74) is 2.49. The van der Waals surface area contributed by atoms with Crippen molar-refractivity contribution in [3.05, 3.63) is 39.9 Å². The predicted molar refractivity (Wildman–Crippen MR) is 82.0 cm³/mol. The van der Waals surface area contributed by atoms with Gasteiger partial charge in [-0.2, -0.15) is 0 Å². The van der Waals surface area contributed by atoms with E-state index in [1.54, 1.807) is 6.07 Å². The number of fused-ring (bicyclic) bond motifs is 1. The molecule has 2 N–H and O–H groups in total. The van der Waals surface area contributed by atoms with Gasteiger partial charge in [0.05, 0.1) is 17.2 Å². The second-order valence-electron chi connectivity index (χ2n) is 5.09. The molecule has 0 unspecified atom stereocenters. The Kier molecular flexibility index (Phi) is 3.73. The van der Waals surface area contributed by atoms with Gasteiger partial charge in [0.25, 0.3) is 10.0 Å². The zero-order valence-electron chi connectivity index (χ0n) is 11.6. The van der Waals surface area contributed by atoms with Gasteiger partial charge < -0.3 is 5.11 Å². The van der Waals surface area contributed by atoms with Crippen molar-refractivity contribution < 1.29 is 13.5 Å². The lowest BCUT2D eigenvalue weighted by molar-refractivity contribution is 0.281. The van der Waals surface area contributed by atoms with Crippen molar-refractivity contribution in [3.8, 4) is 0 Å². The largest absolute Gasteiger partial charge is 0.392 e. The van der Waals surface area contributed by atoms with Crippen LogP contribution in [0.25, 0.3) is 0 Å². The zero-order valence-corrected chi connectivity index (χ0v) is 13.2. The van der Waals surface area contributed by atoms with Crippen LogP contribution >= 0.6 is 11.3 Å². The third-order valence-corrected chi connectivity index (χ3v) is 6.16. The highest BCUT2D eigenvalue weighted by atomic mass is 32.2. The number of rotatable bonds is 4. The van der Waals surface area contributed by atoms with Gasteiger partial charge in [-0.25, -0.2) is 13.4 Å². The van der Waals surface area contributed by atoms with Crippen molar-refractivity contribution in [2.45, 2.75) is 37.7 Å². The standard InChI is InChI=1S/C14H16N2O3S2/c1-9-5-6-11(7-10(9)8-17)21(18,19)16-14-15-12-3-2-4-13(12)20-14/h5-7,17H,2-4,8H2,1H3,(H,15,16). The summed E-state index contributed by atoms with van der Waals surface area (Å²) in [6.45, 7) is 1.65. The van der Waals surface area contributed by atoms with Crippen LogP contribution in [0.2, 0.25) is 0 Å². The Labute approximate surface area is 127 Å². The Morgan fingerprint density at radius 3 is 2.90 bits per heavy atom. The molecule has 0 atom stereocenters. The van der Waals surface area contributed by atoms with E-state index >= 15 is 0 Å². The molecule has 1 aromatic carbocycles. The number of nitrogens with one attached hydrogen (secondary N) is 1. The Hall–Kier alpha value is -1.44. The van der Waals surface area contributed by atoms with E-state index in [2.05, 4.69) is 9.71 Å². The topological polar surface area (TPSA) is 79.3 Å². The van der Waals surface area contributed by atoms with Crippen molar-refractivity contribution in [3.63, 3.8) is 0 Å². The number of hydrogen-bond donors (Lipinski definition) is 2. The summed E-state index contributed by atoms with van der Waals surface area (Å²) in [6.07, 6.45) is 3.00. The molecule has 21 heavy (non-hydrogen) atoms. The number of aromatic nitrogens is 1. The minimum absolute atomic E-state index is 0.146. The second-order valence-corrected chi connectivity index (χ2v) is 7.86. The number of aliphatic hydroxyl groups is 1. The number of nitrogens with zero attached hydrogens (tertiary/aromatic N) is 1. The van der Waals surface area contributed by atoms with Gasteiger partial charge in [-0.3, -0.25) is 4.72 Å². The maximum absolute atomic E-state index is 12.4. The van der Waals surface area contributed by atoms with Gasteiger partial charge in [-0.15, -0.1) is 11.3 Å². The predicted octanol–water partition coefficient (Wildman–Crippen LogP) is 2.23. The third kappa shape index (κ3) is 2.81. The van der Waals surface area contributed by atoms with E-state index in [0.717, 1.165) is 30.5 Å². The van der Waals surface area contributed by atoms with Crippen molar-refractivity contribution in [2.75, 3.05) is 4.72 Å². The van der Waals surface area contributed by atoms with E-state index in [-0.39, 0.29) is 11.5 Å². The van der Waals surface area contributed by atoms with Crippen molar-refractivity contribution in [1.82, 2.24) is 4.98 Å². The highest BCUT2D eigenvalue weighted by molar-refractivity contribution is 7.93. The lowest BCUT2D eigenvalue weighted by Crippen LogP contribution is -2.13. The molecule has 0 saturated carbocycles. The normalized spacial score (nSPS) is 14.2. The number of hydrogen-bond acceptors (Lipinski definition) is 5. The van der Waals surface area contributed by atoms with E-state index in [1.165, 1.54) is 28.3 Å². The monoisotopic (exact) mass is 324 g/mol. The molecule has 0 radical (unpaired) electrons. The number of aryl methyl sites for hydroxylation is 3. The number of aliphatic hydroxyl groups excluding tert-OH is 1. The lowest BCUT2D eigenvalue weighted by atomic mass is 10.1. The molecule has 2 aromatic rings. The highest BCUT2D eigenvalue weighted by Gasteiger charge is 2.21. The fourth-order valence-electron chi connectivity index (χ4n) is 2.39. The third-order valence-electron chi connectivity index (χ3n) is 3.62. The molecule has 0 saturated heterocycles.